The first-order valence-corrected chi connectivity index (χ1v) is 6.87. The maximum Gasteiger partial charge on any atom is 0.306 e. The van der Waals surface area contributed by atoms with Gasteiger partial charge < -0.3 is 4.74 Å². The number of ether oxygens (including phenoxy) is 1. The van der Waals surface area contributed by atoms with Crippen LogP contribution in [0.2, 0.25) is 0 Å². The molecule has 4 heteroatoms. The molecule has 0 bridgehead atoms. The zero-order valence-corrected chi connectivity index (χ0v) is 11.9. The summed E-state index contributed by atoms with van der Waals surface area (Å²) in [5.41, 5.74) is 1.64. The first-order valence-electron chi connectivity index (χ1n) is 6.23. The normalized spacial score (nSPS) is 10.6. The number of esters is 1. The predicted octanol–water partition coefficient (Wildman–Crippen LogP) is 3.16. The highest BCUT2D eigenvalue weighted by Crippen LogP contribution is 2.10. The molecule has 0 aromatic heterocycles. The lowest BCUT2D eigenvalue weighted by Gasteiger charge is -2.02. The molecule has 0 amide bonds. The standard InChI is InChI=1S/C15H18O3S/c1-2-18-15(17)10-9-14(16)13-7-5-12(6-8-13)4-3-11-19/h3-8,19H,2,9-11H2,1H3. The van der Waals surface area contributed by atoms with E-state index < -0.39 is 0 Å². The van der Waals surface area contributed by atoms with Crippen LogP contribution in [-0.2, 0) is 9.53 Å². The number of rotatable bonds is 7. The quantitative estimate of drug-likeness (QED) is 0.473. The van der Waals surface area contributed by atoms with Crippen LogP contribution >= 0.6 is 12.6 Å². The van der Waals surface area contributed by atoms with E-state index in [1.807, 2.05) is 24.3 Å². The second-order valence-electron chi connectivity index (χ2n) is 3.94. The summed E-state index contributed by atoms with van der Waals surface area (Å²) in [6.07, 6.45) is 4.19. The van der Waals surface area contributed by atoms with E-state index in [0.717, 1.165) is 5.56 Å². The zero-order chi connectivity index (χ0) is 14.1. The molecular weight excluding hydrogens is 260 g/mol. The lowest BCUT2D eigenvalue weighted by molar-refractivity contribution is -0.143. The van der Waals surface area contributed by atoms with E-state index in [-0.39, 0.29) is 24.6 Å². The number of hydrogen-bond donors (Lipinski definition) is 1. The summed E-state index contributed by atoms with van der Waals surface area (Å²) in [6.45, 7) is 2.09. The van der Waals surface area contributed by atoms with Crippen LogP contribution in [0.1, 0.15) is 35.7 Å². The molecule has 102 valence electrons. The monoisotopic (exact) mass is 278 g/mol. The smallest absolute Gasteiger partial charge is 0.306 e. The second kappa shape index (κ2) is 8.53. The average Bonchev–Trinajstić information content (AvgIpc) is 2.43. The Hall–Kier alpha value is -1.55. The fraction of sp³-hybridized carbons (Fsp3) is 0.333. The highest BCUT2D eigenvalue weighted by atomic mass is 32.1. The van der Waals surface area contributed by atoms with Gasteiger partial charge in [-0.15, -0.1) is 0 Å². The van der Waals surface area contributed by atoms with Crippen molar-refractivity contribution in [1.29, 1.82) is 0 Å². The van der Waals surface area contributed by atoms with Crippen molar-refractivity contribution >= 4 is 30.5 Å². The summed E-state index contributed by atoms with van der Waals surface area (Å²) < 4.78 is 4.78. The largest absolute Gasteiger partial charge is 0.466 e. The van der Waals surface area contributed by atoms with Gasteiger partial charge in [0.05, 0.1) is 13.0 Å². The molecular formula is C15H18O3S. The van der Waals surface area contributed by atoms with Crippen LogP contribution in [0, 0.1) is 0 Å². The zero-order valence-electron chi connectivity index (χ0n) is 11.0. The number of Topliss-reactive ketones (excluding diaryl/α,β-unsaturated/α-hetero) is 1. The molecule has 1 aromatic rings. The predicted molar refractivity (Wildman–Crippen MR) is 79.5 cm³/mol. The summed E-state index contributed by atoms with van der Waals surface area (Å²) in [5.74, 6) is 0.308. The molecule has 1 rings (SSSR count). The van der Waals surface area contributed by atoms with Gasteiger partial charge in [-0.2, -0.15) is 12.6 Å². The molecule has 0 saturated heterocycles. The molecule has 1 aromatic carbocycles. The highest BCUT2D eigenvalue weighted by molar-refractivity contribution is 7.80. The summed E-state index contributed by atoms with van der Waals surface area (Å²) in [5, 5.41) is 0. The third-order valence-corrected chi connectivity index (χ3v) is 2.72. The molecule has 0 spiro atoms. The van der Waals surface area contributed by atoms with Crippen molar-refractivity contribution < 1.29 is 14.3 Å². The molecule has 19 heavy (non-hydrogen) atoms. The average molecular weight is 278 g/mol. The molecule has 0 N–H and O–H groups in total. The molecule has 0 unspecified atom stereocenters. The molecule has 0 heterocycles. The lowest BCUT2D eigenvalue weighted by Crippen LogP contribution is -2.07. The van der Waals surface area contributed by atoms with Crippen molar-refractivity contribution in [2.75, 3.05) is 12.4 Å². The summed E-state index contributed by atoms with van der Waals surface area (Å²) in [4.78, 5) is 23.0. The highest BCUT2D eigenvalue weighted by Gasteiger charge is 2.09. The number of benzene rings is 1. The minimum absolute atomic E-state index is 0.0437. The van der Waals surface area contributed by atoms with Crippen LogP contribution in [0.4, 0.5) is 0 Å². The molecule has 0 radical (unpaired) electrons. The Bertz CT molecular complexity index is 449. The maximum absolute atomic E-state index is 11.8. The van der Waals surface area contributed by atoms with Crippen molar-refractivity contribution in [2.45, 2.75) is 19.8 Å². The van der Waals surface area contributed by atoms with Crippen LogP contribution in [0.15, 0.2) is 30.3 Å². The molecule has 0 fully saturated rings. The number of carbonyl (C=O) groups excluding carboxylic acids is 2. The Morgan fingerprint density at radius 2 is 1.89 bits per heavy atom. The van der Waals surface area contributed by atoms with E-state index in [4.69, 9.17) is 4.74 Å². The number of hydrogen-bond acceptors (Lipinski definition) is 4. The van der Waals surface area contributed by atoms with E-state index in [9.17, 15) is 9.59 Å². The van der Waals surface area contributed by atoms with Crippen LogP contribution in [0.5, 0.6) is 0 Å². The van der Waals surface area contributed by atoms with Crippen molar-refractivity contribution in [3.63, 3.8) is 0 Å². The van der Waals surface area contributed by atoms with Gasteiger partial charge in [0.1, 0.15) is 0 Å². The topological polar surface area (TPSA) is 43.4 Å². The summed E-state index contributed by atoms with van der Waals surface area (Å²) in [7, 11) is 0. The van der Waals surface area contributed by atoms with Crippen LogP contribution in [-0.4, -0.2) is 24.1 Å². The van der Waals surface area contributed by atoms with E-state index in [2.05, 4.69) is 12.6 Å². The molecule has 3 nitrogen and oxygen atoms in total. The van der Waals surface area contributed by atoms with Crippen LogP contribution in [0.25, 0.3) is 6.08 Å². The molecule has 0 aliphatic carbocycles. The van der Waals surface area contributed by atoms with Gasteiger partial charge in [0.25, 0.3) is 0 Å². The fourth-order valence-corrected chi connectivity index (χ4v) is 1.67. The Kier molecular flexibility index (Phi) is 6.97. The Labute approximate surface area is 119 Å². The number of thiol groups is 1. The van der Waals surface area contributed by atoms with Gasteiger partial charge in [0.15, 0.2) is 5.78 Å². The number of ketones is 1. The van der Waals surface area contributed by atoms with E-state index in [1.54, 1.807) is 19.1 Å². The van der Waals surface area contributed by atoms with Gasteiger partial charge in [-0.1, -0.05) is 36.4 Å². The van der Waals surface area contributed by atoms with Crippen molar-refractivity contribution in [1.82, 2.24) is 0 Å². The summed E-state index contributed by atoms with van der Waals surface area (Å²) >= 11 is 4.08. The van der Waals surface area contributed by atoms with Gasteiger partial charge in [0, 0.05) is 17.7 Å². The second-order valence-corrected chi connectivity index (χ2v) is 4.30. The van der Waals surface area contributed by atoms with Gasteiger partial charge >= 0.3 is 5.97 Å². The van der Waals surface area contributed by atoms with Gasteiger partial charge in [-0.3, -0.25) is 9.59 Å². The van der Waals surface area contributed by atoms with Crippen LogP contribution < -0.4 is 0 Å². The van der Waals surface area contributed by atoms with Crippen molar-refractivity contribution in [3.8, 4) is 0 Å². The third kappa shape index (κ3) is 5.75. The van der Waals surface area contributed by atoms with E-state index in [0.29, 0.717) is 17.9 Å². The maximum atomic E-state index is 11.8. The van der Waals surface area contributed by atoms with E-state index >= 15 is 0 Å². The first kappa shape index (κ1) is 15.5. The van der Waals surface area contributed by atoms with E-state index in [1.165, 1.54) is 0 Å². The molecule has 0 atom stereocenters. The number of carbonyl (C=O) groups is 2. The van der Waals surface area contributed by atoms with Crippen LogP contribution in [0.3, 0.4) is 0 Å². The molecule has 0 saturated carbocycles. The van der Waals surface area contributed by atoms with Crippen molar-refractivity contribution in [2.24, 2.45) is 0 Å². The summed E-state index contributed by atoms with van der Waals surface area (Å²) in [6, 6.07) is 7.28. The first-order chi connectivity index (χ1) is 9.17. The SMILES string of the molecule is CCOC(=O)CCC(=O)c1ccc(C=CCS)cc1. The third-order valence-electron chi connectivity index (χ3n) is 2.51. The molecule has 0 aliphatic heterocycles. The van der Waals surface area contributed by atoms with Gasteiger partial charge in [0.2, 0.25) is 0 Å². The Balaban J connectivity index is 2.53. The Morgan fingerprint density at radius 1 is 1.21 bits per heavy atom. The van der Waals surface area contributed by atoms with Crippen molar-refractivity contribution in [3.05, 3.63) is 41.5 Å². The minimum atomic E-state index is -0.329. The molecule has 0 aliphatic rings. The minimum Gasteiger partial charge on any atom is -0.466 e. The van der Waals surface area contributed by atoms with Gasteiger partial charge in [-0.25, -0.2) is 0 Å². The van der Waals surface area contributed by atoms with Gasteiger partial charge in [-0.05, 0) is 12.5 Å². The Morgan fingerprint density at radius 3 is 2.47 bits per heavy atom. The fourth-order valence-electron chi connectivity index (χ4n) is 1.56. The lowest BCUT2D eigenvalue weighted by atomic mass is 10.0.